The molecule has 0 aliphatic carbocycles. The van der Waals surface area contributed by atoms with Crippen LogP contribution >= 0.6 is 11.3 Å². The predicted octanol–water partition coefficient (Wildman–Crippen LogP) is 2.61. The first kappa shape index (κ1) is 10.5. The van der Waals surface area contributed by atoms with Gasteiger partial charge in [-0.1, -0.05) is 13.8 Å². The second kappa shape index (κ2) is 5.25. The lowest BCUT2D eigenvalue weighted by molar-refractivity contribution is 0.487. The van der Waals surface area contributed by atoms with Crippen LogP contribution in [0.3, 0.4) is 0 Å². The fourth-order valence-electron chi connectivity index (χ4n) is 1.31. The van der Waals surface area contributed by atoms with Crippen LogP contribution in [-0.4, -0.2) is 6.04 Å². The van der Waals surface area contributed by atoms with E-state index in [0.717, 1.165) is 12.2 Å². The second-order valence-corrected chi connectivity index (χ2v) is 4.19. The summed E-state index contributed by atoms with van der Waals surface area (Å²) in [5.41, 5.74) is 6.70. The van der Waals surface area contributed by atoms with Gasteiger partial charge in [0.2, 0.25) is 0 Å². The number of nitrogens with one attached hydrogen (secondary N) is 1. The Morgan fingerprint density at radius 1 is 1.46 bits per heavy atom. The molecule has 0 aromatic carbocycles. The van der Waals surface area contributed by atoms with Crippen molar-refractivity contribution in [3.8, 4) is 0 Å². The van der Waals surface area contributed by atoms with Crippen molar-refractivity contribution in [1.29, 1.82) is 0 Å². The SMILES string of the molecule is CCC(CC)NCc1sccc1N. The predicted molar refractivity (Wildman–Crippen MR) is 59.9 cm³/mol. The fourth-order valence-corrected chi connectivity index (χ4v) is 2.06. The molecule has 2 nitrogen and oxygen atoms in total. The van der Waals surface area contributed by atoms with Crippen LogP contribution in [0.1, 0.15) is 31.6 Å². The van der Waals surface area contributed by atoms with Crippen molar-refractivity contribution < 1.29 is 0 Å². The average molecular weight is 198 g/mol. The molecule has 0 radical (unpaired) electrons. The lowest BCUT2D eigenvalue weighted by Crippen LogP contribution is -2.26. The smallest absolute Gasteiger partial charge is 0.0468 e. The molecule has 1 aromatic heterocycles. The van der Waals surface area contributed by atoms with E-state index >= 15 is 0 Å². The third-order valence-electron chi connectivity index (χ3n) is 2.32. The maximum Gasteiger partial charge on any atom is 0.0468 e. The van der Waals surface area contributed by atoms with Crippen LogP contribution < -0.4 is 11.1 Å². The molecule has 13 heavy (non-hydrogen) atoms. The van der Waals surface area contributed by atoms with Crippen molar-refractivity contribution in [2.24, 2.45) is 0 Å². The van der Waals surface area contributed by atoms with Gasteiger partial charge in [0.1, 0.15) is 0 Å². The number of nitrogens with two attached hydrogens (primary N) is 1. The summed E-state index contributed by atoms with van der Waals surface area (Å²) in [5, 5.41) is 5.53. The highest BCUT2D eigenvalue weighted by Crippen LogP contribution is 2.18. The van der Waals surface area contributed by atoms with Crippen LogP contribution in [0.15, 0.2) is 11.4 Å². The summed E-state index contributed by atoms with van der Waals surface area (Å²) in [7, 11) is 0. The Balaban J connectivity index is 2.38. The summed E-state index contributed by atoms with van der Waals surface area (Å²) in [6.45, 7) is 5.33. The first-order valence-corrected chi connectivity index (χ1v) is 5.71. The van der Waals surface area contributed by atoms with Crippen molar-refractivity contribution in [1.82, 2.24) is 5.32 Å². The Bertz CT molecular complexity index is 241. The van der Waals surface area contributed by atoms with Gasteiger partial charge in [0, 0.05) is 23.2 Å². The van der Waals surface area contributed by atoms with Gasteiger partial charge in [-0.3, -0.25) is 0 Å². The van der Waals surface area contributed by atoms with Crippen LogP contribution in [0.5, 0.6) is 0 Å². The van der Waals surface area contributed by atoms with E-state index in [0.29, 0.717) is 6.04 Å². The molecule has 0 amide bonds. The number of rotatable bonds is 5. The van der Waals surface area contributed by atoms with Crippen molar-refractivity contribution in [3.63, 3.8) is 0 Å². The molecule has 3 N–H and O–H groups in total. The second-order valence-electron chi connectivity index (χ2n) is 3.19. The molecule has 0 saturated heterocycles. The molecule has 1 heterocycles. The van der Waals surface area contributed by atoms with Crippen LogP contribution in [0.25, 0.3) is 0 Å². The minimum absolute atomic E-state index is 0.626. The monoisotopic (exact) mass is 198 g/mol. The summed E-state index contributed by atoms with van der Waals surface area (Å²) < 4.78 is 0. The summed E-state index contributed by atoms with van der Waals surface area (Å²) in [5.74, 6) is 0. The van der Waals surface area contributed by atoms with E-state index < -0.39 is 0 Å². The third kappa shape index (κ3) is 3.01. The summed E-state index contributed by atoms with van der Waals surface area (Å²) >= 11 is 1.73. The minimum atomic E-state index is 0.626. The molecule has 0 fully saturated rings. The van der Waals surface area contributed by atoms with Gasteiger partial charge in [-0.05, 0) is 24.3 Å². The zero-order chi connectivity index (χ0) is 9.68. The van der Waals surface area contributed by atoms with Crippen molar-refractivity contribution in [2.45, 2.75) is 39.3 Å². The minimum Gasteiger partial charge on any atom is -0.398 e. The van der Waals surface area contributed by atoms with Crippen LogP contribution in [0.2, 0.25) is 0 Å². The highest BCUT2D eigenvalue weighted by atomic mass is 32.1. The van der Waals surface area contributed by atoms with Crippen LogP contribution in [0, 0.1) is 0 Å². The van der Waals surface area contributed by atoms with Crippen LogP contribution in [-0.2, 0) is 6.54 Å². The van der Waals surface area contributed by atoms with Crippen molar-refractivity contribution in [2.75, 3.05) is 5.73 Å². The van der Waals surface area contributed by atoms with E-state index in [9.17, 15) is 0 Å². The topological polar surface area (TPSA) is 38.0 Å². The molecule has 0 bridgehead atoms. The molecule has 1 rings (SSSR count). The van der Waals surface area contributed by atoms with Gasteiger partial charge in [0.25, 0.3) is 0 Å². The quantitative estimate of drug-likeness (QED) is 0.763. The first-order valence-electron chi connectivity index (χ1n) is 4.83. The first-order chi connectivity index (χ1) is 6.27. The van der Waals surface area contributed by atoms with Gasteiger partial charge in [0.05, 0.1) is 0 Å². The normalized spacial score (nSPS) is 11.0. The molecule has 0 unspecified atom stereocenters. The van der Waals surface area contributed by atoms with E-state index in [1.165, 1.54) is 17.7 Å². The van der Waals surface area contributed by atoms with E-state index in [1.807, 2.05) is 11.4 Å². The van der Waals surface area contributed by atoms with Gasteiger partial charge in [-0.25, -0.2) is 0 Å². The lowest BCUT2D eigenvalue weighted by Gasteiger charge is -2.13. The molecule has 3 heteroatoms. The Morgan fingerprint density at radius 2 is 2.15 bits per heavy atom. The molecule has 1 aromatic rings. The van der Waals surface area contributed by atoms with Gasteiger partial charge < -0.3 is 11.1 Å². The largest absolute Gasteiger partial charge is 0.398 e. The number of nitrogen functional groups attached to an aromatic ring is 1. The Labute approximate surface area is 84.2 Å². The summed E-state index contributed by atoms with van der Waals surface area (Å²) in [6, 6.07) is 2.59. The van der Waals surface area contributed by atoms with Crippen LogP contribution in [0.4, 0.5) is 5.69 Å². The standard InChI is InChI=1S/C10H18N2S/c1-3-8(4-2)12-7-10-9(11)5-6-13-10/h5-6,8,12H,3-4,7,11H2,1-2H3. The zero-order valence-corrected chi connectivity index (χ0v) is 9.16. The maximum absolute atomic E-state index is 5.78. The Morgan fingerprint density at radius 3 is 2.62 bits per heavy atom. The highest BCUT2D eigenvalue weighted by Gasteiger charge is 2.04. The lowest BCUT2D eigenvalue weighted by atomic mass is 10.2. The van der Waals surface area contributed by atoms with Gasteiger partial charge >= 0.3 is 0 Å². The third-order valence-corrected chi connectivity index (χ3v) is 3.25. The van der Waals surface area contributed by atoms with Crippen molar-refractivity contribution >= 4 is 17.0 Å². The maximum atomic E-state index is 5.78. The molecular weight excluding hydrogens is 180 g/mol. The van der Waals surface area contributed by atoms with E-state index in [2.05, 4.69) is 19.2 Å². The molecular formula is C10H18N2S. The van der Waals surface area contributed by atoms with Crippen molar-refractivity contribution in [3.05, 3.63) is 16.3 Å². The van der Waals surface area contributed by atoms with Gasteiger partial charge in [-0.2, -0.15) is 0 Å². The van der Waals surface area contributed by atoms with E-state index in [-0.39, 0.29) is 0 Å². The molecule has 0 saturated carbocycles. The zero-order valence-electron chi connectivity index (χ0n) is 8.34. The highest BCUT2D eigenvalue weighted by molar-refractivity contribution is 7.10. The number of hydrogen-bond acceptors (Lipinski definition) is 3. The Hall–Kier alpha value is -0.540. The van der Waals surface area contributed by atoms with Gasteiger partial charge in [-0.15, -0.1) is 11.3 Å². The molecule has 0 spiro atoms. The average Bonchev–Trinajstić information content (AvgIpc) is 2.54. The molecule has 0 aliphatic rings. The number of anilines is 1. The van der Waals surface area contributed by atoms with E-state index in [1.54, 1.807) is 11.3 Å². The number of thiophene rings is 1. The van der Waals surface area contributed by atoms with Gasteiger partial charge in [0.15, 0.2) is 0 Å². The fraction of sp³-hybridized carbons (Fsp3) is 0.600. The Kier molecular flexibility index (Phi) is 4.25. The molecule has 0 atom stereocenters. The van der Waals surface area contributed by atoms with E-state index in [4.69, 9.17) is 5.73 Å². The summed E-state index contributed by atoms with van der Waals surface area (Å²) in [6.07, 6.45) is 2.36. The summed E-state index contributed by atoms with van der Waals surface area (Å²) in [4.78, 5) is 1.26. The number of hydrogen-bond donors (Lipinski definition) is 2. The molecule has 74 valence electrons. The molecule has 0 aliphatic heterocycles.